The summed E-state index contributed by atoms with van der Waals surface area (Å²) in [7, 11) is 0. The van der Waals surface area contributed by atoms with Crippen molar-refractivity contribution in [2.75, 3.05) is 10.7 Å². The van der Waals surface area contributed by atoms with Crippen molar-refractivity contribution in [1.29, 1.82) is 0 Å². The second kappa shape index (κ2) is 8.76. The minimum Gasteiger partial charge on any atom is -0.279 e. The highest BCUT2D eigenvalue weighted by atomic mass is 32.2. The van der Waals surface area contributed by atoms with Crippen molar-refractivity contribution in [3.8, 4) is 0 Å². The molecule has 0 saturated carbocycles. The van der Waals surface area contributed by atoms with Crippen LogP contribution < -0.4 is 4.90 Å². The van der Waals surface area contributed by atoms with E-state index in [2.05, 4.69) is 11.9 Å². The summed E-state index contributed by atoms with van der Waals surface area (Å²) in [6, 6.07) is 22.0. The summed E-state index contributed by atoms with van der Waals surface area (Å²) >= 11 is 3.02. The number of benzene rings is 3. The van der Waals surface area contributed by atoms with Crippen molar-refractivity contribution >= 4 is 44.4 Å². The monoisotopic (exact) mass is 422 g/mol. The number of fused-ring (bicyclic) bond motifs is 1. The molecule has 0 aliphatic rings. The Morgan fingerprint density at radius 3 is 2.69 bits per heavy atom. The number of aromatic nitrogens is 1. The third-order valence-corrected chi connectivity index (χ3v) is 6.31. The normalized spacial score (nSPS) is 11.0. The van der Waals surface area contributed by atoms with E-state index in [4.69, 9.17) is 0 Å². The van der Waals surface area contributed by atoms with Crippen LogP contribution in [0.25, 0.3) is 10.2 Å². The second-order valence-corrected chi connectivity index (χ2v) is 8.79. The Morgan fingerprint density at radius 2 is 1.90 bits per heavy atom. The molecule has 4 aromatic rings. The summed E-state index contributed by atoms with van der Waals surface area (Å²) in [5, 5.41) is 0.563. The Kier molecular flexibility index (Phi) is 5.92. The van der Waals surface area contributed by atoms with Gasteiger partial charge in [-0.25, -0.2) is 9.37 Å². The van der Waals surface area contributed by atoms with E-state index < -0.39 is 0 Å². The molecule has 1 heterocycles. The summed E-state index contributed by atoms with van der Waals surface area (Å²) < 4.78 is 14.4. The lowest BCUT2D eigenvalue weighted by molar-refractivity contribution is 0.0985. The number of rotatable bonds is 6. The van der Waals surface area contributed by atoms with Gasteiger partial charge in [-0.05, 0) is 47.7 Å². The van der Waals surface area contributed by atoms with Gasteiger partial charge in [0.1, 0.15) is 5.82 Å². The molecule has 6 heteroatoms. The van der Waals surface area contributed by atoms with Gasteiger partial charge >= 0.3 is 0 Å². The summed E-state index contributed by atoms with van der Waals surface area (Å²) in [6.07, 6.45) is 0. The second-order valence-electron chi connectivity index (χ2n) is 6.45. The fourth-order valence-corrected chi connectivity index (χ4v) is 4.74. The molecule has 0 aliphatic carbocycles. The van der Waals surface area contributed by atoms with E-state index in [0.717, 1.165) is 20.9 Å². The molecule has 0 aliphatic heterocycles. The number of thioether (sulfide) groups is 1. The van der Waals surface area contributed by atoms with Crippen molar-refractivity contribution in [1.82, 2.24) is 4.98 Å². The summed E-state index contributed by atoms with van der Waals surface area (Å²) in [5.74, 6) is 0.513. The zero-order chi connectivity index (χ0) is 20.2. The summed E-state index contributed by atoms with van der Waals surface area (Å²) in [6.45, 7) is 2.48. The average Bonchev–Trinajstić information content (AvgIpc) is 3.15. The van der Waals surface area contributed by atoms with Crippen molar-refractivity contribution in [3.63, 3.8) is 0 Å². The van der Waals surface area contributed by atoms with Crippen LogP contribution in [0, 0.1) is 5.82 Å². The Labute approximate surface area is 177 Å². The maximum atomic E-state index is 13.6. The zero-order valence-corrected chi connectivity index (χ0v) is 17.5. The number of anilines is 1. The van der Waals surface area contributed by atoms with Crippen LogP contribution in [-0.4, -0.2) is 16.6 Å². The molecule has 29 heavy (non-hydrogen) atoms. The van der Waals surface area contributed by atoms with Crippen LogP contribution in [0.4, 0.5) is 9.52 Å². The number of hydrogen-bond donors (Lipinski definition) is 0. The largest absolute Gasteiger partial charge is 0.279 e. The molecule has 0 N–H and O–H groups in total. The molecule has 0 bridgehead atoms. The van der Waals surface area contributed by atoms with Crippen LogP contribution in [0.5, 0.6) is 0 Å². The molecule has 0 radical (unpaired) electrons. The molecule has 3 nitrogen and oxygen atoms in total. The molecular weight excluding hydrogens is 403 g/mol. The molecule has 0 atom stereocenters. The molecule has 0 saturated heterocycles. The molecule has 1 amide bonds. The maximum absolute atomic E-state index is 13.6. The molecule has 0 spiro atoms. The predicted octanol–water partition coefficient (Wildman–Crippen LogP) is 6.39. The lowest BCUT2D eigenvalue weighted by Crippen LogP contribution is -2.30. The smallest absolute Gasteiger partial charge is 0.260 e. The van der Waals surface area contributed by atoms with Gasteiger partial charge in [0.2, 0.25) is 0 Å². The topological polar surface area (TPSA) is 33.2 Å². The fraction of sp³-hybridized carbons (Fsp3) is 0.130. The van der Waals surface area contributed by atoms with E-state index in [1.54, 1.807) is 22.7 Å². The average molecular weight is 423 g/mol. The quantitative estimate of drug-likeness (QED) is 0.337. The van der Waals surface area contributed by atoms with Gasteiger partial charge in [-0.1, -0.05) is 54.7 Å². The molecular formula is C23H19FN2OS2. The molecule has 146 valence electrons. The Hall–Kier alpha value is -2.70. The Morgan fingerprint density at radius 1 is 1.07 bits per heavy atom. The summed E-state index contributed by atoms with van der Waals surface area (Å²) in [4.78, 5) is 20.8. The first-order valence-corrected chi connectivity index (χ1v) is 11.1. The van der Waals surface area contributed by atoms with E-state index in [1.807, 2.05) is 54.6 Å². The Bertz CT molecular complexity index is 1140. The van der Waals surface area contributed by atoms with E-state index in [0.29, 0.717) is 22.8 Å². The van der Waals surface area contributed by atoms with Gasteiger partial charge in [0.15, 0.2) is 5.13 Å². The van der Waals surface area contributed by atoms with Gasteiger partial charge in [0.05, 0.1) is 16.8 Å². The highest BCUT2D eigenvalue weighted by molar-refractivity contribution is 7.99. The van der Waals surface area contributed by atoms with E-state index in [-0.39, 0.29) is 11.7 Å². The molecule has 0 unspecified atom stereocenters. The summed E-state index contributed by atoms with van der Waals surface area (Å²) in [5.41, 5.74) is 2.31. The minimum absolute atomic E-state index is 0.119. The van der Waals surface area contributed by atoms with Crippen LogP contribution in [0.1, 0.15) is 22.8 Å². The van der Waals surface area contributed by atoms with Crippen LogP contribution in [-0.2, 0) is 6.54 Å². The highest BCUT2D eigenvalue weighted by Gasteiger charge is 2.22. The zero-order valence-electron chi connectivity index (χ0n) is 15.8. The van der Waals surface area contributed by atoms with Crippen LogP contribution in [0.15, 0.2) is 77.7 Å². The van der Waals surface area contributed by atoms with Crippen LogP contribution >= 0.6 is 23.1 Å². The van der Waals surface area contributed by atoms with Gasteiger partial charge in [0.25, 0.3) is 5.91 Å². The number of thiazole rings is 1. The number of nitrogens with zero attached hydrogens (tertiary/aromatic N) is 2. The lowest BCUT2D eigenvalue weighted by Gasteiger charge is -2.20. The first kappa shape index (κ1) is 19.6. The number of halogens is 1. The molecule has 3 aromatic carbocycles. The van der Waals surface area contributed by atoms with Crippen molar-refractivity contribution in [2.24, 2.45) is 0 Å². The molecule has 0 fully saturated rings. The number of amides is 1. The first-order chi connectivity index (χ1) is 14.1. The number of hydrogen-bond acceptors (Lipinski definition) is 4. The third kappa shape index (κ3) is 4.49. The first-order valence-electron chi connectivity index (χ1n) is 9.29. The van der Waals surface area contributed by atoms with Crippen molar-refractivity contribution < 1.29 is 9.18 Å². The van der Waals surface area contributed by atoms with Crippen LogP contribution in [0.3, 0.4) is 0 Å². The molecule has 4 rings (SSSR count). The Balaban J connectivity index is 1.74. The van der Waals surface area contributed by atoms with Gasteiger partial charge in [0, 0.05) is 10.5 Å². The predicted molar refractivity (Wildman–Crippen MR) is 119 cm³/mol. The van der Waals surface area contributed by atoms with Crippen molar-refractivity contribution in [3.05, 3.63) is 89.7 Å². The fourth-order valence-electron chi connectivity index (χ4n) is 3.04. The van der Waals surface area contributed by atoms with Gasteiger partial charge in [-0.15, -0.1) is 11.8 Å². The third-order valence-electron chi connectivity index (χ3n) is 4.39. The van der Waals surface area contributed by atoms with E-state index in [1.165, 1.54) is 23.5 Å². The van der Waals surface area contributed by atoms with E-state index >= 15 is 0 Å². The maximum Gasteiger partial charge on any atom is 0.260 e. The van der Waals surface area contributed by atoms with E-state index in [9.17, 15) is 9.18 Å². The minimum atomic E-state index is -0.307. The standard InChI is InChI=1S/C23H19FN2OS2/c1-2-28-19-10-6-9-17(13-19)22(27)26(15-16-7-4-3-5-8-16)23-25-20-12-11-18(24)14-21(20)29-23/h3-14H,2,15H2,1H3. The molecule has 1 aromatic heterocycles. The van der Waals surface area contributed by atoms with Crippen LogP contribution in [0.2, 0.25) is 0 Å². The van der Waals surface area contributed by atoms with Gasteiger partial charge < -0.3 is 0 Å². The lowest BCUT2D eigenvalue weighted by atomic mass is 10.1. The van der Waals surface area contributed by atoms with Crippen molar-refractivity contribution in [2.45, 2.75) is 18.4 Å². The number of carbonyl (C=O) groups is 1. The van der Waals surface area contributed by atoms with Gasteiger partial charge in [-0.3, -0.25) is 9.69 Å². The SMILES string of the molecule is CCSc1cccc(C(=O)N(Cc2ccccc2)c2nc3ccc(F)cc3s2)c1. The van der Waals surface area contributed by atoms with Gasteiger partial charge in [-0.2, -0.15) is 0 Å². The number of carbonyl (C=O) groups excluding carboxylic acids is 1. The highest BCUT2D eigenvalue weighted by Crippen LogP contribution is 2.31.